The zero-order chi connectivity index (χ0) is 18.3. The topological polar surface area (TPSA) is 62.7 Å². The molecule has 0 unspecified atom stereocenters. The van der Waals surface area contributed by atoms with Crippen molar-refractivity contribution in [3.05, 3.63) is 46.6 Å². The van der Waals surface area contributed by atoms with Crippen molar-refractivity contribution in [2.45, 2.75) is 19.3 Å². The van der Waals surface area contributed by atoms with Gasteiger partial charge in [-0.15, -0.1) is 0 Å². The van der Waals surface area contributed by atoms with Crippen LogP contribution in [0.15, 0.2) is 24.4 Å². The Morgan fingerprint density at radius 2 is 1.50 bits per heavy atom. The minimum absolute atomic E-state index is 0.0302. The van der Waals surface area contributed by atoms with Crippen molar-refractivity contribution < 1.29 is 26.3 Å². The molecule has 0 aliphatic rings. The molecule has 1 aromatic carbocycles. The summed E-state index contributed by atoms with van der Waals surface area (Å²) in [4.78, 5) is 3.66. The highest BCUT2D eigenvalue weighted by molar-refractivity contribution is 5.73. The van der Waals surface area contributed by atoms with E-state index in [0.717, 1.165) is 6.20 Å². The van der Waals surface area contributed by atoms with Gasteiger partial charge in [0.2, 0.25) is 0 Å². The average Bonchev–Trinajstić information content (AvgIpc) is 2.45. The van der Waals surface area contributed by atoms with Crippen LogP contribution in [0.1, 0.15) is 22.3 Å². The first-order valence-electron chi connectivity index (χ1n) is 6.40. The first kappa shape index (κ1) is 17.6. The molecular weight excluding hydrogens is 336 g/mol. The van der Waals surface area contributed by atoms with Gasteiger partial charge < -0.3 is 5.73 Å². The Labute approximate surface area is 132 Å². The van der Waals surface area contributed by atoms with E-state index in [4.69, 9.17) is 11.0 Å². The van der Waals surface area contributed by atoms with Gasteiger partial charge in [0.15, 0.2) is 0 Å². The maximum atomic E-state index is 12.9. The van der Waals surface area contributed by atoms with Crippen LogP contribution in [0, 0.1) is 18.3 Å². The van der Waals surface area contributed by atoms with Gasteiger partial charge in [0, 0.05) is 11.8 Å². The quantitative estimate of drug-likeness (QED) is 0.772. The number of alkyl halides is 6. The number of hydrogen-bond acceptors (Lipinski definition) is 3. The van der Waals surface area contributed by atoms with Gasteiger partial charge in [-0.1, -0.05) is 0 Å². The molecule has 0 aliphatic carbocycles. The highest BCUT2D eigenvalue weighted by Gasteiger charge is 2.37. The second-order valence-corrected chi connectivity index (χ2v) is 4.96. The van der Waals surface area contributed by atoms with Crippen molar-refractivity contribution in [2.24, 2.45) is 0 Å². The molecule has 2 N–H and O–H groups in total. The number of nitrogens with two attached hydrogens (primary N) is 1. The van der Waals surface area contributed by atoms with Crippen LogP contribution in [0.4, 0.5) is 32.2 Å². The molecule has 0 radical (unpaired) electrons. The number of nitrogen functional groups attached to an aromatic ring is 1. The lowest BCUT2D eigenvalue weighted by Gasteiger charge is -2.16. The molecule has 9 heteroatoms. The van der Waals surface area contributed by atoms with Crippen LogP contribution >= 0.6 is 0 Å². The second-order valence-electron chi connectivity index (χ2n) is 4.96. The molecule has 1 heterocycles. The standard InChI is InChI=1S/C15H9F6N3/c1-7-11(5-22)13(23)24-6-12(7)8-2-9(14(16,17)18)4-10(3-8)15(19,20)21/h2-4,6H,1H3,(H2,23,24). The lowest BCUT2D eigenvalue weighted by atomic mass is 9.95. The van der Waals surface area contributed by atoms with E-state index in [2.05, 4.69) is 4.98 Å². The predicted octanol–water partition coefficient (Wildman–Crippen LogP) is 4.55. The Morgan fingerprint density at radius 1 is 1.00 bits per heavy atom. The number of pyridine rings is 1. The SMILES string of the molecule is Cc1c(-c2cc(C(F)(F)F)cc(C(F)(F)F)c2)cnc(N)c1C#N. The minimum atomic E-state index is -4.96. The third-order valence-corrected chi connectivity index (χ3v) is 3.38. The van der Waals surface area contributed by atoms with Crippen molar-refractivity contribution in [1.82, 2.24) is 4.98 Å². The van der Waals surface area contributed by atoms with Crippen LogP contribution in [0.3, 0.4) is 0 Å². The van der Waals surface area contributed by atoms with Crippen LogP contribution in [-0.2, 0) is 12.4 Å². The molecule has 0 fully saturated rings. The van der Waals surface area contributed by atoms with Crippen LogP contribution in [0.2, 0.25) is 0 Å². The Bertz CT molecular complexity index is 799. The fraction of sp³-hybridized carbons (Fsp3) is 0.200. The summed E-state index contributed by atoms with van der Waals surface area (Å²) < 4.78 is 77.4. The number of hydrogen-bond donors (Lipinski definition) is 1. The Balaban J connectivity index is 2.78. The van der Waals surface area contributed by atoms with Crippen LogP contribution < -0.4 is 5.73 Å². The van der Waals surface area contributed by atoms with Gasteiger partial charge >= 0.3 is 12.4 Å². The van der Waals surface area contributed by atoms with Crippen molar-refractivity contribution in [3.8, 4) is 17.2 Å². The molecule has 0 saturated carbocycles. The van der Waals surface area contributed by atoms with Gasteiger partial charge in [-0.2, -0.15) is 31.6 Å². The third kappa shape index (κ3) is 3.27. The molecular formula is C15H9F6N3. The van der Waals surface area contributed by atoms with Crippen molar-refractivity contribution >= 4 is 5.82 Å². The lowest BCUT2D eigenvalue weighted by molar-refractivity contribution is -0.143. The first-order chi connectivity index (χ1) is 10.9. The van der Waals surface area contributed by atoms with E-state index in [0.29, 0.717) is 12.1 Å². The van der Waals surface area contributed by atoms with Gasteiger partial charge in [0.1, 0.15) is 11.9 Å². The molecule has 24 heavy (non-hydrogen) atoms. The summed E-state index contributed by atoms with van der Waals surface area (Å²) in [5.41, 5.74) is 2.27. The number of aromatic nitrogens is 1. The first-order valence-corrected chi connectivity index (χ1v) is 6.40. The normalized spacial score (nSPS) is 12.1. The summed E-state index contributed by atoms with van der Waals surface area (Å²) in [6, 6.07) is 2.93. The van der Waals surface area contributed by atoms with Crippen molar-refractivity contribution in [3.63, 3.8) is 0 Å². The summed E-state index contributed by atoms with van der Waals surface area (Å²) in [5.74, 6) is -0.151. The highest BCUT2D eigenvalue weighted by atomic mass is 19.4. The summed E-state index contributed by atoms with van der Waals surface area (Å²) in [6.45, 7) is 1.37. The van der Waals surface area contributed by atoms with E-state index in [1.807, 2.05) is 0 Å². The van der Waals surface area contributed by atoms with E-state index in [-0.39, 0.29) is 34.1 Å². The molecule has 0 saturated heterocycles. The molecule has 2 rings (SSSR count). The van der Waals surface area contributed by atoms with Crippen molar-refractivity contribution in [2.75, 3.05) is 5.73 Å². The van der Waals surface area contributed by atoms with Crippen LogP contribution in [0.25, 0.3) is 11.1 Å². The van der Waals surface area contributed by atoms with Gasteiger partial charge in [-0.3, -0.25) is 0 Å². The molecule has 0 bridgehead atoms. The monoisotopic (exact) mass is 345 g/mol. The molecule has 2 aromatic rings. The number of rotatable bonds is 1. The van der Waals surface area contributed by atoms with E-state index < -0.39 is 23.5 Å². The smallest absolute Gasteiger partial charge is 0.383 e. The lowest BCUT2D eigenvalue weighted by Crippen LogP contribution is -2.11. The fourth-order valence-corrected chi connectivity index (χ4v) is 2.16. The van der Waals surface area contributed by atoms with Crippen molar-refractivity contribution in [1.29, 1.82) is 5.26 Å². The largest absolute Gasteiger partial charge is 0.416 e. The number of benzene rings is 1. The molecule has 0 amide bonds. The Morgan fingerprint density at radius 3 is 1.92 bits per heavy atom. The third-order valence-electron chi connectivity index (χ3n) is 3.38. The Hall–Kier alpha value is -2.76. The fourth-order valence-electron chi connectivity index (χ4n) is 2.16. The second kappa shape index (κ2) is 5.70. The highest BCUT2D eigenvalue weighted by Crippen LogP contribution is 2.39. The summed E-state index contributed by atoms with van der Waals surface area (Å²) in [5, 5.41) is 9.01. The zero-order valence-corrected chi connectivity index (χ0v) is 12.0. The summed E-state index contributed by atoms with van der Waals surface area (Å²) in [7, 11) is 0. The van der Waals surface area contributed by atoms with Gasteiger partial charge in [-0.05, 0) is 36.2 Å². The van der Waals surface area contributed by atoms with E-state index in [1.165, 1.54) is 6.92 Å². The van der Waals surface area contributed by atoms with E-state index in [1.54, 1.807) is 6.07 Å². The number of nitriles is 1. The summed E-state index contributed by atoms with van der Waals surface area (Å²) in [6.07, 6.45) is -8.87. The summed E-state index contributed by atoms with van der Waals surface area (Å²) >= 11 is 0. The number of anilines is 1. The maximum absolute atomic E-state index is 12.9. The minimum Gasteiger partial charge on any atom is -0.383 e. The van der Waals surface area contributed by atoms with Crippen LogP contribution in [0.5, 0.6) is 0 Å². The molecule has 0 aliphatic heterocycles. The zero-order valence-electron chi connectivity index (χ0n) is 12.0. The predicted molar refractivity (Wildman–Crippen MR) is 73.5 cm³/mol. The number of nitrogens with zero attached hydrogens (tertiary/aromatic N) is 2. The molecule has 3 nitrogen and oxygen atoms in total. The van der Waals surface area contributed by atoms with Gasteiger partial charge in [-0.25, -0.2) is 4.98 Å². The molecule has 0 atom stereocenters. The van der Waals surface area contributed by atoms with Gasteiger partial charge in [0.05, 0.1) is 16.7 Å². The molecule has 0 spiro atoms. The van der Waals surface area contributed by atoms with E-state index in [9.17, 15) is 26.3 Å². The molecule has 126 valence electrons. The van der Waals surface area contributed by atoms with Gasteiger partial charge in [0.25, 0.3) is 0 Å². The average molecular weight is 345 g/mol. The van der Waals surface area contributed by atoms with Crippen LogP contribution in [-0.4, -0.2) is 4.98 Å². The molecule has 1 aromatic heterocycles. The maximum Gasteiger partial charge on any atom is 0.416 e. The van der Waals surface area contributed by atoms with E-state index >= 15 is 0 Å². The number of halogens is 6. The Kier molecular flexibility index (Phi) is 4.18.